The molecule has 0 N–H and O–H groups in total. The van der Waals surface area contributed by atoms with Crippen molar-refractivity contribution in [3.8, 4) is 0 Å². The molecule has 0 spiro atoms. The summed E-state index contributed by atoms with van der Waals surface area (Å²) in [6, 6.07) is 0.735. The molecule has 0 radical (unpaired) electrons. The standard InChI is InChI=1S/C14H20N2O6S3/c1-5-15-25(20,21)12-8-10-11(16(6-2)14(17)22-4)7-9(3)24(18,19)13(10)23-12/h5,8-9,11H,6-7H2,1-4H3/t9-,11-/m0/s1. The lowest BCUT2D eigenvalue weighted by molar-refractivity contribution is 0.104. The number of carbonyl (C=O) groups is 1. The van der Waals surface area contributed by atoms with E-state index in [1.54, 1.807) is 13.8 Å². The van der Waals surface area contributed by atoms with Gasteiger partial charge in [0, 0.05) is 18.3 Å². The van der Waals surface area contributed by atoms with E-state index < -0.39 is 37.2 Å². The van der Waals surface area contributed by atoms with Crippen molar-refractivity contribution in [2.75, 3.05) is 13.7 Å². The highest BCUT2D eigenvalue weighted by atomic mass is 32.3. The van der Waals surface area contributed by atoms with Gasteiger partial charge < -0.3 is 9.64 Å². The Morgan fingerprint density at radius 2 is 2.16 bits per heavy atom. The maximum atomic E-state index is 12.6. The smallest absolute Gasteiger partial charge is 0.409 e. The monoisotopic (exact) mass is 408 g/mol. The van der Waals surface area contributed by atoms with Crippen LogP contribution in [-0.4, -0.2) is 52.9 Å². The molecule has 0 saturated carbocycles. The number of hydrogen-bond acceptors (Lipinski definition) is 7. The summed E-state index contributed by atoms with van der Waals surface area (Å²) in [7, 11) is -6.38. The van der Waals surface area contributed by atoms with Crippen LogP contribution in [0.1, 0.15) is 38.8 Å². The van der Waals surface area contributed by atoms with Gasteiger partial charge in [0.15, 0.2) is 9.84 Å². The number of sulfonamides is 1. The quantitative estimate of drug-likeness (QED) is 0.707. The predicted molar refractivity (Wildman–Crippen MR) is 94.5 cm³/mol. The molecule has 2 rings (SSSR count). The average molecular weight is 409 g/mol. The molecule has 0 saturated heterocycles. The number of amides is 1. The minimum absolute atomic E-state index is 0.0246. The number of ether oxygens (including phenoxy) is 1. The predicted octanol–water partition coefficient (Wildman–Crippen LogP) is 2.22. The zero-order valence-corrected chi connectivity index (χ0v) is 16.7. The fourth-order valence-corrected chi connectivity index (χ4v) is 7.63. The van der Waals surface area contributed by atoms with Gasteiger partial charge in [0.1, 0.15) is 8.42 Å². The summed E-state index contributed by atoms with van der Waals surface area (Å²) in [4.78, 5) is 13.4. The first-order valence-electron chi connectivity index (χ1n) is 7.57. The van der Waals surface area contributed by atoms with E-state index in [1.165, 1.54) is 25.0 Å². The third-order valence-corrected chi connectivity index (χ3v) is 9.72. The Hall–Kier alpha value is -1.46. The molecule has 0 fully saturated rings. The summed E-state index contributed by atoms with van der Waals surface area (Å²) in [6.45, 7) is 5.06. The zero-order chi connectivity index (χ0) is 19.0. The molecule has 0 aromatic carbocycles. The zero-order valence-electron chi connectivity index (χ0n) is 14.3. The Morgan fingerprint density at radius 3 is 2.68 bits per heavy atom. The molecule has 0 unspecified atom stereocenters. The molecule has 0 aliphatic carbocycles. The van der Waals surface area contributed by atoms with Crippen LogP contribution in [0.15, 0.2) is 18.9 Å². The van der Waals surface area contributed by atoms with Gasteiger partial charge in [-0.2, -0.15) is 12.8 Å². The summed E-state index contributed by atoms with van der Waals surface area (Å²) in [6.07, 6.45) is 0.716. The number of carbonyl (C=O) groups excluding carboxylic acids is 1. The first kappa shape index (κ1) is 19.9. The van der Waals surface area contributed by atoms with E-state index in [9.17, 15) is 21.6 Å². The van der Waals surface area contributed by atoms with Crippen LogP contribution < -0.4 is 0 Å². The van der Waals surface area contributed by atoms with Crippen molar-refractivity contribution < 1.29 is 26.4 Å². The lowest BCUT2D eigenvalue weighted by Gasteiger charge is -2.34. The van der Waals surface area contributed by atoms with E-state index in [0.717, 1.165) is 6.21 Å². The SMILES string of the molecule is CC=NS(=O)(=O)c1cc2c(s1)S(=O)(=O)[C@@H](C)C[C@@H]2N(CC)C(=O)OC. The van der Waals surface area contributed by atoms with Crippen molar-refractivity contribution in [3.05, 3.63) is 11.6 Å². The van der Waals surface area contributed by atoms with Gasteiger partial charge in [0.25, 0.3) is 10.0 Å². The van der Waals surface area contributed by atoms with Crippen LogP contribution in [0.25, 0.3) is 0 Å². The van der Waals surface area contributed by atoms with E-state index in [0.29, 0.717) is 23.4 Å². The first-order valence-corrected chi connectivity index (χ1v) is 11.4. The first-order chi connectivity index (χ1) is 11.6. The molecule has 140 valence electrons. The molecule has 1 aliphatic rings. The molecule has 2 heterocycles. The molecule has 1 amide bonds. The number of fused-ring (bicyclic) bond motifs is 1. The highest BCUT2D eigenvalue weighted by Gasteiger charge is 2.42. The van der Waals surface area contributed by atoms with Crippen LogP contribution in [0, 0.1) is 0 Å². The van der Waals surface area contributed by atoms with Gasteiger partial charge in [-0.1, -0.05) is 0 Å². The lowest BCUT2D eigenvalue weighted by Crippen LogP contribution is -2.40. The van der Waals surface area contributed by atoms with Crippen molar-refractivity contribution in [2.24, 2.45) is 4.40 Å². The minimum atomic E-state index is -3.96. The molecule has 1 aromatic rings. The molecular weight excluding hydrogens is 388 g/mol. The molecule has 0 bridgehead atoms. The number of sulfone groups is 1. The van der Waals surface area contributed by atoms with E-state index in [4.69, 9.17) is 4.74 Å². The third-order valence-electron chi connectivity index (χ3n) is 4.03. The Labute approximate surface area is 151 Å². The summed E-state index contributed by atoms with van der Waals surface area (Å²) in [5, 5.41) is -0.743. The van der Waals surface area contributed by atoms with Gasteiger partial charge in [-0.25, -0.2) is 13.2 Å². The molecular formula is C14H20N2O6S3. The largest absolute Gasteiger partial charge is 0.453 e. The summed E-state index contributed by atoms with van der Waals surface area (Å²) in [5.74, 6) is 0. The second kappa shape index (κ2) is 7.04. The fourth-order valence-electron chi connectivity index (χ4n) is 2.78. The third kappa shape index (κ3) is 3.44. The van der Waals surface area contributed by atoms with Crippen LogP contribution in [-0.2, 0) is 24.6 Å². The number of rotatable bonds is 4. The average Bonchev–Trinajstić information content (AvgIpc) is 3.00. The number of hydrogen-bond donors (Lipinski definition) is 0. The van der Waals surface area contributed by atoms with Gasteiger partial charge in [-0.15, -0.1) is 11.3 Å². The molecule has 8 nitrogen and oxygen atoms in total. The Balaban J connectivity index is 2.68. The molecule has 25 heavy (non-hydrogen) atoms. The van der Waals surface area contributed by atoms with Crippen LogP contribution in [0.5, 0.6) is 0 Å². The highest BCUT2D eigenvalue weighted by Crippen LogP contribution is 2.45. The summed E-state index contributed by atoms with van der Waals surface area (Å²) >= 11 is 0.675. The van der Waals surface area contributed by atoms with E-state index in [1.807, 2.05) is 0 Å². The Morgan fingerprint density at radius 1 is 1.52 bits per heavy atom. The number of thiophene rings is 1. The Bertz CT molecular complexity index is 901. The maximum absolute atomic E-state index is 12.6. The Kier molecular flexibility index (Phi) is 5.59. The van der Waals surface area contributed by atoms with Crippen LogP contribution in [0.4, 0.5) is 4.79 Å². The van der Waals surface area contributed by atoms with Crippen molar-refractivity contribution in [1.29, 1.82) is 0 Å². The van der Waals surface area contributed by atoms with Gasteiger partial charge in [0.05, 0.1) is 18.4 Å². The van der Waals surface area contributed by atoms with Crippen LogP contribution >= 0.6 is 11.3 Å². The van der Waals surface area contributed by atoms with Gasteiger partial charge in [-0.05, 0) is 33.3 Å². The normalized spacial score (nSPS) is 22.6. The van der Waals surface area contributed by atoms with E-state index >= 15 is 0 Å². The van der Waals surface area contributed by atoms with Gasteiger partial charge in [0.2, 0.25) is 0 Å². The summed E-state index contributed by atoms with van der Waals surface area (Å²) in [5.41, 5.74) is 0.306. The molecule has 1 aliphatic heterocycles. The molecule has 2 atom stereocenters. The van der Waals surface area contributed by atoms with Crippen molar-refractivity contribution >= 4 is 43.5 Å². The number of nitrogens with zero attached hydrogens (tertiary/aromatic N) is 2. The summed E-state index contributed by atoms with van der Waals surface area (Å²) < 4.78 is 57.7. The van der Waals surface area contributed by atoms with Crippen LogP contribution in [0.3, 0.4) is 0 Å². The van der Waals surface area contributed by atoms with E-state index in [-0.39, 0.29) is 14.8 Å². The second-order valence-corrected chi connectivity index (χ2v) is 11.0. The second-order valence-electron chi connectivity index (χ2n) is 5.51. The highest BCUT2D eigenvalue weighted by molar-refractivity contribution is 7.96. The van der Waals surface area contributed by atoms with E-state index in [2.05, 4.69) is 4.40 Å². The lowest BCUT2D eigenvalue weighted by atomic mass is 10.0. The molecule has 11 heteroatoms. The van der Waals surface area contributed by atoms with Crippen molar-refractivity contribution in [3.63, 3.8) is 0 Å². The fraction of sp³-hybridized carbons (Fsp3) is 0.571. The number of methoxy groups -OCH3 is 1. The van der Waals surface area contributed by atoms with Gasteiger partial charge in [-0.3, -0.25) is 0 Å². The maximum Gasteiger partial charge on any atom is 0.409 e. The van der Waals surface area contributed by atoms with Gasteiger partial charge >= 0.3 is 6.09 Å². The minimum Gasteiger partial charge on any atom is -0.453 e. The van der Waals surface area contributed by atoms with Crippen molar-refractivity contribution in [1.82, 2.24) is 4.90 Å². The topological polar surface area (TPSA) is 110 Å². The van der Waals surface area contributed by atoms with Crippen molar-refractivity contribution in [2.45, 2.75) is 46.9 Å². The molecule has 1 aromatic heterocycles. The van der Waals surface area contributed by atoms with Crippen LogP contribution in [0.2, 0.25) is 0 Å².